The molecular formula is C19H19F3O3. The van der Waals surface area contributed by atoms with Crippen molar-refractivity contribution < 1.29 is 27.4 Å². The number of hydrogen-bond donors (Lipinski definition) is 0. The van der Waals surface area contributed by atoms with E-state index in [1.54, 1.807) is 6.07 Å². The van der Waals surface area contributed by atoms with Crippen LogP contribution >= 0.6 is 0 Å². The molecule has 0 heterocycles. The van der Waals surface area contributed by atoms with Crippen LogP contribution in [0.4, 0.5) is 13.2 Å². The van der Waals surface area contributed by atoms with E-state index in [9.17, 15) is 18.0 Å². The van der Waals surface area contributed by atoms with Crippen molar-refractivity contribution in [3.8, 4) is 16.9 Å². The average Bonchev–Trinajstić information content (AvgIpc) is 2.59. The Morgan fingerprint density at radius 1 is 1.00 bits per heavy atom. The van der Waals surface area contributed by atoms with Crippen LogP contribution in [-0.4, -0.2) is 20.2 Å². The number of carbonyl (C=O) groups is 1. The molecule has 2 aromatic rings. The Balaban J connectivity index is 2.73. The Morgan fingerprint density at radius 2 is 1.68 bits per heavy atom. The summed E-state index contributed by atoms with van der Waals surface area (Å²) in [6.45, 7) is 4.00. The molecule has 0 atom stereocenters. The Labute approximate surface area is 144 Å². The lowest BCUT2D eigenvalue weighted by Gasteiger charge is -2.16. The number of halogens is 3. The van der Waals surface area contributed by atoms with E-state index < -0.39 is 17.7 Å². The largest absolute Gasteiger partial charge is 0.496 e. The zero-order chi connectivity index (χ0) is 18.8. The van der Waals surface area contributed by atoms with Crippen LogP contribution in [0.15, 0.2) is 36.4 Å². The van der Waals surface area contributed by atoms with Crippen LogP contribution in [0.25, 0.3) is 11.1 Å². The summed E-state index contributed by atoms with van der Waals surface area (Å²) in [4.78, 5) is 12.1. The van der Waals surface area contributed by atoms with Gasteiger partial charge in [0.05, 0.1) is 25.3 Å². The molecule has 0 aliphatic heterocycles. The van der Waals surface area contributed by atoms with E-state index in [0.717, 1.165) is 24.8 Å². The third kappa shape index (κ3) is 3.95. The van der Waals surface area contributed by atoms with Gasteiger partial charge >= 0.3 is 12.1 Å². The van der Waals surface area contributed by atoms with Crippen molar-refractivity contribution in [2.45, 2.75) is 25.9 Å². The number of methoxy groups -OCH3 is 2. The summed E-state index contributed by atoms with van der Waals surface area (Å²) in [5.41, 5.74) is 0.792. The molecule has 0 aromatic heterocycles. The van der Waals surface area contributed by atoms with Crippen LogP contribution < -0.4 is 4.74 Å². The third-order valence-electron chi connectivity index (χ3n) is 3.93. The van der Waals surface area contributed by atoms with Gasteiger partial charge in [0.15, 0.2) is 0 Å². The number of alkyl halides is 3. The molecule has 2 rings (SSSR count). The number of carbonyl (C=O) groups excluding carboxylic acids is 1. The lowest BCUT2D eigenvalue weighted by Crippen LogP contribution is -2.10. The first-order chi connectivity index (χ1) is 11.7. The number of benzene rings is 2. The first kappa shape index (κ1) is 18.8. The fourth-order valence-electron chi connectivity index (χ4n) is 2.53. The first-order valence-corrected chi connectivity index (χ1v) is 7.67. The van der Waals surface area contributed by atoms with Crippen LogP contribution in [0, 0.1) is 0 Å². The first-order valence-electron chi connectivity index (χ1n) is 7.67. The fraction of sp³-hybridized carbons (Fsp3) is 0.316. The van der Waals surface area contributed by atoms with Gasteiger partial charge in [0.2, 0.25) is 0 Å². The molecular weight excluding hydrogens is 333 g/mol. The predicted molar refractivity (Wildman–Crippen MR) is 88.9 cm³/mol. The van der Waals surface area contributed by atoms with Crippen molar-refractivity contribution >= 4 is 5.97 Å². The van der Waals surface area contributed by atoms with Gasteiger partial charge in [-0.15, -0.1) is 0 Å². The summed E-state index contributed by atoms with van der Waals surface area (Å²) in [6.07, 6.45) is -4.55. The maximum absolute atomic E-state index is 13.0. The minimum atomic E-state index is -4.55. The van der Waals surface area contributed by atoms with Crippen molar-refractivity contribution in [2.24, 2.45) is 0 Å². The predicted octanol–water partition coefficient (Wildman–Crippen LogP) is 5.29. The molecule has 0 amide bonds. The van der Waals surface area contributed by atoms with E-state index in [4.69, 9.17) is 4.74 Å². The van der Waals surface area contributed by atoms with Gasteiger partial charge in [-0.3, -0.25) is 0 Å². The van der Waals surface area contributed by atoms with Gasteiger partial charge in [0.1, 0.15) is 5.75 Å². The van der Waals surface area contributed by atoms with E-state index >= 15 is 0 Å². The van der Waals surface area contributed by atoms with Crippen LogP contribution in [0.5, 0.6) is 5.75 Å². The van der Waals surface area contributed by atoms with Crippen molar-refractivity contribution in [1.82, 2.24) is 0 Å². The molecule has 0 fully saturated rings. The topological polar surface area (TPSA) is 35.5 Å². The Morgan fingerprint density at radius 3 is 2.20 bits per heavy atom. The van der Waals surface area contributed by atoms with Crippen molar-refractivity contribution in [3.05, 3.63) is 53.1 Å². The monoisotopic (exact) mass is 352 g/mol. The Kier molecular flexibility index (Phi) is 5.40. The van der Waals surface area contributed by atoms with E-state index in [2.05, 4.69) is 4.74 Å². The van der Waals surface area contributed by atoms with E-state index in [1.807, 2.05) is 26.0 Å². The molecule has 0 spiro atoms. The molecule has 0 unspecified atom stereocenters. The van der Waals surface area contributed by atoms with Crippen molar-refractivity contribution in [3.63, 3.8) is 0 Å². The van der Waals surface area contributed by atoms with Crippen molar-refractivity contribution in [1.29, 1.82) is 0 Å². The van der Waals surface area contributed by atoms with Gasteiger partial charge in [-0.05, 0) is 41.3 Å². The summed E-state index contributed by atoms with van der Waals surface area (Å²) < 4.78 is 49.0. The number of rotatable bonds is 4. The quantitative estimate of drug-likeness (QED) is 0.701. The summed E-state index contributed by atoms with van der Waals surface area (Å²) in [7, 11) is 2.60. The number of esters is 1. The normalized spacial score (nSPS) is 11.5. The standard InChI is InChI=1S/C19H19F3O3/c1-11(2)12-5-8-17(24-3)15(9-12)14-7-6-13(19(20,21)22)10-16(14)18(23)25-4/h5-11H,1-4H3. The smallest absolute Gasteiger partial charge is 0.416 e. The van der Waals surface area contributed by atoms with Gasteiger partial charge in [0, 0.05) is 5.56 Å². The summed E-state index contributed by atoms with van der Waals surface area (Å²) in [5.74, 6) is -0.159. The third-order valence-corrected chi connectivity index (χ3v) is 3.93. The maximum atomic E-state index is 13.0. The zero-order valence-electron chi connectivity index (χ0n) is 14.4. The van der Waals surface area contributed by atoms with Crippen LogP contribution in [0.3, 0.4) is 0 Å². The highest BCUT2D eigenvalue weighted by atomic mass is 19.4. The molecule has 0 radical (unpaired) electrons. The SMILES string of the molecule is COC(=O)c1cc(C(F)(F)F)ccc1-c1cc(C(C)C)ccc1OC. The van der Waals surface area contributed by atoms with E-state index in [1.165, 1.54) is 13.2 Å². The van der Waals surface area contributed by atoms with Gasteiger partial charge < -0.3 is 9.47 Å². The number of hydrogen-bond acceptors (Lipinski definition) is 3. The lowest BCUT2D eigenvalue weighted by atomic mass is 9.92. The second kappa shape index (κ2) is 7.17. The molecule has 0 saturated heterocycles. The highest BCUT2D eigenvalue weighted by Crippen LogP contribution is 2.38. The van der Waals surface area contributed by atoms with Gasteiger partial charge in [-0.1, -0.05) is 26.0 Å². The second-order valence-corrected chi connectivity index (χ2v) is 5.86. The molecule has 25 heavy (non-hydrogen) atoms. The molecule has 0 aliphatic carbocycles. The summed E-state index contributed by atoms with van der Waals surface area (Å²) in [5, 5.41) is 0. The fourth-order valence-corrected chi connectivity index (χ4v) is 2.53. The molecule has 3 nitrogen and oxygen atoms in total. The van der Waals surface area contributed by atoms with Gasteiger partial charge in [0.25, 0.3) is 0 Å². The van der Waals surface area contributed by atoms with Crippen molar-refractivity contribution in [2.75, 3.05) is 14.2 Å². The van der Waals surface area contributed by atoms with Gasteiger partial charge in [-0.2, -0.15) is 13.2 Å². The molecule has 0 bridgehead atoms. The lowest BCUT2D eigenvalue weighted by molar-refractivity contribution is -0.137. The molecule has 0 N–H and O–H groups in total. The van der Waals surface area contributed by atoms with E-state index in [0.29, 0.717) is 16.9 Å². The summed E-state index contributed by atoms with van der Waals surface area (Å²) >= 11 is 0. The van der Waals surface area contributed by atoms with E-state index in [-0.39, 0.29) is 11.5 Å². The zero-order valence-corrected chi connectivity index (χ0v) is 14.4. The van der Waals surface area contributed by atoms with Crippen LogP contribution in [0.1, 0.15) is 41.3 Å². The minimum Gasteiger partial charge on any atom is -0.496 e. The molecule has 6 heteroatoms. The second-order valence-electron chi connectivity index (χ2n) is 5.86. The number of ether oxygens (including phenoxy) is 2. The summed E-state index contributed by atoms with van der Waals surface area (Å²) in [6, 6.07) is 8.47. The Bertz CT molecular complexity index is 780. The Hall–Kier alpha value is -2.50. The minimum absolute atomic E-state index is 0.156. The average molecular weight is 352 g/mol. The van der Waals surface area contributed by atoms with Crippen LogP contribution in [-0.2, 0) is 10.9 Å². The molecule has 0 saturated carbocycles. The highest BCUT2D eigenvalue weighted by molar-refractivity contribution is 5.98. The van der Waals surface area contributed by atoms with Crippen LogP contribution in [0.2, 0.25) is 0 Å². The molecule has 2 aromatic carbocycles. The molecule has 0 aliphatic rings. The highest BCUT2D eigenvalue weighted by Gasteiger charge is 2.32. The maximum Gasteiger partial charge on any atom is 0.416 e. The van der Waals surface area contributed by atoms with Gasteiger partial charge in [-0.25, -0.2) is 4.79 Å². The molecule has 134 valence electrons.